The van der Waals surface area contributed by atoms with E-state index < -0.39 is 12.1 Å². The normalized spacial score (nSPS) is 19.5. The standard InChI is InChI=1S/C14H14BrF3N2O2/c15-12-10-3-4-20(9-6-22-7-9)5-8(10)1-2-11(12)19-13(21)14(16,17)18/h1-2,9H,3-7H2,(H,19,21). The Hall–Kier alpha value is -1.12. The maximum atomic E-state index is 12.3. The summed E-state index contributed by atoms with van der Waals surface area (Å²) in [6, 6.07) is 3.71. The highest BCUT2D eigenvalue weighted by atomic mass is 79.9. The summed E-state index contributed by atoms with van der Waals surface area (Å²) in [4.78, 5) is 13.4. The molecule has 0 radical (unpaired) electrons. The molecule has 1 saturated heterocycles. The number of nitrogens with zero attached hydrogens (tertiary/aromatic N) is 1. The molecule has 120 valence electrons. The molecule has 1 amide bonds. The van der Waals surface area contributed by atoms with E-state index in [1.165, 1.54) is 6.07 Å². The average molecular weight is 379 g/mol. The van der Waals surface area contributed by atoms with Gasteiger partial charge in [-0.1, -0.05) is 6.07 Å². The molecule has 0 aliphatic carbocycles. The smallest absolute Gasteiger partial charge is 0.378 e. The van der Waals surface area contributed by atoms with E-state index in [9.17, 15) is 18.0 Å². The fraction of sp³-hybridized carbons (Fsp3) is 0.500. The molecule has 1 N–H and O–H groups in total. The summed E-state index contributed by atoms with van der Waals surface area (Å²) in [5, 5.41) is 1.91. The van der Waals surface area contributed by atoms with Crippen molar-refractivity contribution in [2.24, 2.45) is 0 Å². The molecule has 0 spiro atoms. The van der Waals surface area contributed by atoms with Crippen molar-refractivity contribution in [2.75, 3.05) is 25.1 Å². The molecule has 0 atom stereocenters. The number of fused-ring (bicyclic) bond motifs is 1. The van der Waals surface area contributed by atoms with E-state index in [1.54, 1.807) is 6.07 Å². The topological polar surface area (TPSA) is 41.6 Å². The number of amides is 1. The molecule has 8 heteroatoms. The lowest BCUT2D eigenvalue weighted by molar-refractivity contribution is -0.167. The van der Waals surface area contributed by atoms with E-state index >= 15 is 0 Å². The van der Waals surface area contributed by atoms with E-state index in [1.807, 2.05) is 5.32 Å². The number of alkyl halides is 3. The van der Waals surface area contributed by atoms with Crippen LogP contribution in [0.15, 0.2) is 16.6 Å². The molecule has 0 unspecified atom stereocenters. The second-order valence-electron chi connectivity index (χ2n) is 5.43. The molecule has 2 aliphatic heterocycles. The first kappa shape index (κ1) is 15.8. The number of ether oxygens (including phenoxy) is 1. The summed E-state index contributed by atoms with van der Waals surface area (Å²) in [6.07, 6.45) is -4.17. The van der Waals surface area contributed by atoms with Crippen LogP contribution in [0.5, 0.6) is 0 Å². The first-order valence-corrected chi connectivity index (χ1v) is 7.66. The minimum Gasteiger partial charge on any atom is -0.378 e. The SMILES string of the molecule is O=C(Nc1ccc2c(c1Br)CCN(C1COC1)C2)C(F)(F)F. The van der Waals surface area contributed by atoms with Crippen LogP contribution in [0.25, 0.3) is 0 Å². The Balaban J connectivity index is 1.78. The van der Waals surface area contributed by atoms with Crippen molar-refractivity contribution < 1.29 is 22.7 Å². The van der Waals surface area contributed by atoms with Crippen molar-refractivity contribution in [1.29, 1.82) is 0 Å². The van der Waals surface area contributed by atoms with E-state index in [-0.39, 0.29) is 5.69 Å². The molecule has 4 nitrogen and oxygen atoms in total. The molecule has 1 aromatic carbocycles. The minimum absolute atomic E-state index is 0.154. The summed E-state index contributed by atoms with van der Waals surface area (Å²) in [7, 11) is 0. The lowest BCUT2D eigenvalue weighted by Gasteiger charge is -2.40. The fourth-order valence-corrected chi connectivity index (χ4v) is 3.35. The number of anilines is 1. The van der Waals surface area contributed by atoms with Crippen molar-refractivity contribution in [3.8, 4) is 0 Å². The largest absolute Gasteiger partial charge is 0.471 e. The third-order valence-corrected chi connectivity index (χ3v) is 4.91. The Labute approximate surface area is 133 Å². The summed E-state index contributed by atoms with van der Waals surface area (Å²) in [5.74, 6) is -1.96. The van der Waals surface area contributed by atoms with Crippen molar-refractivity contribution in [3.63, 3.8) is 0 Å². The van der Waals surface area contributed by atoms with Crippen LogP contribution in [0.4, 0.5) is 18.9 Å². The Kier molecular flexibility index (Phi) is 4.17. The summed E-state index contributed by atoms with van der Waals surface area (Å²) in [5.41, 5.74) is 2.17. The van der Waals surface area contributed by atoms with Gasteiger partial charge in [0.25, 0.3) is 0 Å². The van der Waals surface area contributed by atoms with Gasteiger partial charge >= 0.3 is 12.1 Å². The number of benzene rings is 1. The van der Waals surface area contributed by atoms with Crippen LogP contribution < -0.4 is 5.32 Å². The molecular formula is C14H14BrF3N2O2. The summed E-state index contributed by atoms with van der Waals surface area (Å²) in [6.45, 7) is 3.04. The van der Waals surface area contributed by atoms with Gasteiger partial charge in [0.2, 0.25) is 0 Å². The molecule has 0 saturated carbocycles. The van der Waals surface area contributed by atoms with Crippen LogP contribution in [-0.4, -0.2) is 42.8 Å². The van der Waals surface area contributed by atoms with E-state index in [0.717, 1.165) is 43.9 Å². The van der Waals surface area contributed by atoms with Crippen molar-refractivity contribution in [2.45, 2.75) is 25.2 Å². The molecule has 3 rings (SSSR count). The maximum absolute atomic E-state index is 12.3. The van der Waals surface area contributed by atoms with Crippen LogP contribution in [0.3, 0.4) is 0 Å². The maximum Gasteiger partial charge on any atom is 0.471 e. The van der Waals surface area contributed by atoms with Gasteiger partial charge in [0.15, 0.2) is 0 Å². The minimum atomic E-state index is -4.89. The van der Waals surface area contributed by atoms with Crippen molar-refractivity contribution in [1.82, 2.24) is 4.90 Å². The number of hydrogen-bond donors (Lipinski definition) is 1. The van der Waals surface area contributed by atoms with Crippen LogP contribution in [0.2, 0.25) is 0 Å². The molecule has 0 aromatic heterocycles. The molecule has 1 aromatic rings. The number of carbonyl (C=O) groups is 1. The monoisotopic (exact) mass is 378 g/mol. The zero-order valence-electron chi connectivity index (χ0n) is 11.5. The number of halogens is 4. The predicted molar refractivity (Wildman–Crippen MR) is 77.5 cm³/mol. The molecule has 22 heavy (non-hydrogen) atoms. The van der Waals surface area contributed by atoms with Gasteiger partial charge in [-0.15, -0.1) is 0 Å². The van der Waals surface area contributed by atoms with Gasteiger partial charge in [-0.05, 0) is 39.5 Å². The third kappa shape index (κ3) is 3.00. The molecular weight excluding hydrogens is 365 g/mol. The van der Waals surface area contributed by atoms with E-state index in [4.69, 9.17) is 4.74 Å². The summed E-state index contributed by atoms with van der Waals surface area (Å²) >= 11 is 3.32. The Morgan fingerprint density at radius 2 is 2.09 bits per heavy atom. The fourth-order valence-electron chi connectivity index (χ4n) is 2.67. The first-order chi connectivity index (χ1) is 10.4. The molecule has 1 fully saturated rings. The van der Waals surface area contributed by atoms with Gasteiger partial charge in [0.05, 0.1) is 24.9 Å². The second-order valence-corrected chi connectivity index (χ2v) is 6.22. The molecule has 2 heterocycles. The van der Waals surface area contributed by atoms with Crippen molar-refractivity contribution >= 4 is 27.5 Å². The number of rotatable bonds is 2. The third-order valence-electron chi connectivity index (χ3n) is 4.01. The molecule has 2 aliphatic rings. The van der Waals surface area contributed by atoms with Crippen LogP contribution in [0.1, 0.15) is 11.1 Å². The zero-order chi connectivity index (χ0) is 15.9. The van der Waals surface area contributed by atoms with Gasteiger partial charge in [0.1, 0.15) is 0 Å². The lowest BCUT2D eigenvalue weighted by Crippen LogP contribution is -2.50. The van der Waals surface area contributed by atoms with Crippen LogP contribution in [0, 0.1) is 0 Å². The molecule has 0 bridgehead atoms. The second kappa shape index (κ2) is 5.82. The van der Waals surface area contributed by atoms with Crippen LogP contribution in [-0.2, 0) is 22.5 Å². The van der Waals surface area contributed by atoms with Gasteiger partial charge in [-0.3, -0.25) is 9.69 Å². The number of nitrogens with one attached hydrogen (secondary N) is 1. The quantitative estimate of drug-likeness (QED) is 0.860. The van der Waals surface area contributed by atoms with E-state index in [0.29, 0.717) is 10.5 Å². The van der Waals surface area contributed by atoms with Gasteiger partial charge in [-0.2, -0.15) is 13.2 Å². The van der Waals surface area contributed by atoms with Gasteiger partial charge in [-0.25, -0.2) is 0 Å². The first-order valence-electron chi connectivity index (χ1n) is 6.86. The van der Waals surface area contributed by atoms with Gasteiger partial charge < -0.3 is 10.1 Å². The Morgan fingerprint density at radius 3 is 2.68 bits per heavy atom. The lowest BCUT2D eigenvalue weighted by atomic mass is 9.97. The average Bonchev–Trinajstić information content (AvgIpc) is 2.39. The predicted octanol–water partition coefficient (Wildman–Crippen LogP) is 2.71. The highest BCUT2D eigenvalue weighted by Crippen LogP contribution is 2.34. The Morgan fingerprint density at radius 1 is 1.36 bits per heavy atom. The highest BCUT2D eigenvalue weighted by Gasteiger charge is 2.39. The zero-order valence-corrected chi connectivity index (χ0v) is 13.1. The van der Waals surface area contributed by atoms with Gasteiger partial charge in [0, 0.05) is 17.6 Å². The van der Waals surface area contributed by atoms with Crippen LogP contribution >= 0.6 is 15.9 Å². The summed E-state index contributed by atoms with van der Waals surface area (Å²) < 4.78 is 42.8. The highest BCUT2D eigenvalue weighted by molar-refractivity contribution is 9.10. The number of carbonyl (C=O) groups excluding carboxylic acids is 1. The van der Waals surface area contributed by atoms with E-state index in [2.05, 4.69) is 20.8 Å². The van der Waals surface area contributed by atoms with Crippen molar-refractivity contribution in [3.05, 3.63) is 27.7 Å². The Bertz CT molecular complexity index is 602. The number of hydrogen-bond acceptors (Lipinski definition) is 3.